The van der Waals surface area contributed by atoms with Crippen molar-refractivity contribution in [3.63, 3.8) is 0 Å². The van der Waals surface area contributed by atoms with Gasteiger partial charge >= 0.3 is 0 Å². The highest BCUT2D eigenvalue weighted by Crippen LogP contribution is 2.12. The van der Waals surface area contributed by atoms with E-state index in [9.17, 15) is 4.79 Å². The molecule has 3 heteroatoms. The van der Waals surface area contributed by atoms with Gasteiger partial charge in [0.05, 0.1) is 5.41 Å². The maximum absolute atomic E-state index is 11.3. The molecule has 0 aromatic rings. The summed E-state index contributed by atoms with van der Waals surface area (Å²) in [7, 11) is 1.66. The highest BCUT2D eigenvalue weighted by atomic mass is 16.2. The Bertz CT molecular complexity index is 185. The van der Waals surface area contributed by atoms with Crippen LogP contribution in [-0.2, 0) is 4.79 Å². The number of carbonyl (C=O) groups is 1. The molecule has 0 spiro atoms. The first-order valence-electron chi connectivity index (χ1n) is 4.58. The molecule has 1 amide bonds. The van der Waals surface area contributed by atoms with E-state index < -0.39 is 0 Å². The van der Waals surface area contributed by atoms with Crippen molar-refractivity contribution < 1.29 is 4.79 Å². The fourth-order valence-corrected chi connectivity index (χ4v) is 1.00. The third-order valence-corrected chi connectivity index (χ3v) is 1.91. The number of hydrogen-bond donors (Lipinski definition) is 2. The third kappa shape index (κ3) is 4.68. The van der Waals surface area contributed by atoms with Crippen LogP contribution in [0.4, 0.5) is 0 Å². The first-order chi connectivity index (χ1) is 6.04. The standard InChI is InChI=1S/C10H20N2O/c1-5-6-7-12-8-10(2,3)9(13)11-4/h5-6,12H,7-8H2,1-4H3,(H,11,13)/b6-5+. The molecule has 0 saturated carbocycles. The SMILES string of the molecule is C/C=C/CNCC(C)(C)C(=O)NC. The molecule has 0 bridgehead atoms. The topological polar surface area (TPSA) is 41.1 Å². The summed E-state index contributed by atoms with van der Waals surface area (Å²) >= 11 is 0. The van der Waals surface area contributed by atoms with Crippen LogP contribution in [0.5, 0.6) is 0 Å². The summed E-state index contributed by atoms with van der Waals surface area (Å²) in [6.07, 6.45) is 4.01. The zero-order chi connectivity index (χ0) is 10.3. The average Bonchev–Trinajstić information content (AvgIpc) is 2.11. The van der Waals surface area contributed by atoms with Crippen LogP contribution in [0, 0.1) is 5.41 Å². The summed E-state index contributed by atoms with van der Waals surface area (Å²) < 4.78 is 0. The number of hydrogen-bond acceptors (Lipinski definition) is 2. The maximum Gasteiger partial charge on any atom is 0.226 e. The predicted molar refractivity (Wildman–Crippen MR) is 55.5 cm³/mol. The molecular weight excluding hydrogens is 164 g/mol. The smallest absolute Gasteiger partial charge is 0.226 e. The van der Waals surface area contributed by atoms with E-state index in [0.717, 1.165) is 6.54 Å². The molecule has 0 unspecified atom stereocenters. The van der Waals surface area contributed by atoms with Gasteiger partial charge in [0, 0.05) is 20.1 Å². The quantitative estimate of drug-likeness (QED) is 0.493. The minimum Gasteiger partial charge on any atom is -0.359 e. The lowest BCUT2D eigenvalue weighted by atomic mass is 9.92. The second kappa shape index (κ2) is 5.75. The average molecular weight is 184 g/mol. The van der Waals surface area contributed by atoms with Gasteiger partial charge in [-0.05, 0) is 20.8 Å². The number of allylic oxidation sites excluding steroid dienone is 1. The monoisotopic (exact) mass is 184 g/mol. The summed E-state index contributed by atoms with van der Waals surface area (Å²) in [5, 5.41) is 5.84. The van der Waals surface area contributed by atoms with Crippen molar-refractivity contribution in [2.45, 2.75) is 20.8 Å². The van der Waals surface area contributed by atoms with Crippen LogP contribution in [-0.4, -0.2) is 26.0 Å². The summed E-state index contributed by atoms with van der Waals surface area (Å²) in [4.78, 5) is 11.3. The number of rotatable bonds is 5. The molecule has 0 saturated heterocycles. The van der Waals surface area contributed by atoms with Gasteiger partial charge in [-0.25, -0.2) is 0 Å². The number of amides is 1. The molecule has 0 atom stereocenters. The summed E-state index contributed by atoms with van der Waals surface area (Å²) in [6, 6.07) is 0. The lowest BCUT2D eigenvalue weighted by Gasteiger charge is -2.22. The summed E-state index contributed by atoms with van der Waals surface area (Å²) in [5.74, 6) is 0.0699. The molecule has 0 aromatic heterocycles. The molecule has 0 aliphatic carbocycles. The fraction of sp³-hybridized carbons (Fsp3) is 0.700. The second-order valence-electron chi connectivity index (χ2n) is 3.66. The van der Waals surface area contributed by atoms with E-state index in [1.165, 1.54) is 0 Å². The van der Waals surface area contributed by atoms with E-state index in [1.54, 1.807) is 7.05 Å². The van der Waals surface area contributed by atoms with Crippen LogP contribution in [0.15, 0.2) is 12.2 Å². The molecule has 0 rings (SSSR count). The molecule has 13 heavy (non-hydrogen) atoms. The van der Waals surface area contributed by atoms with Crippen molar-refractivity contribution in [2.24, 2.45) is 5.41 Å². The van der Waals surface area contributed by atoms with E-state index in [1.807, 2.05) is 32.9 Å². The van der Waals surface area contributed by atoms with Crippen molar-refractivity contribution in [2.75, 3.05) is 20.1 Å². The lowest BCUT2D eigenvalue weighted by Crippen LogP contribution is -2.42. The van der Waals surface area contributed by atoms with Crippen LogP contribution < -0.4 is 10.6 Å². The minimum absolute atomic E-state index is 0.0699. The van der Waals surface area contributed by atoms with Crippen LogP contribution in [0.2, 0.25) is 0 Å². The fourth-order valence-electron chi connectivity index (χ4n) is 1.00. The molecule has 0 aromatic carbocycles. The van der Waals surface area contributed by atoms with E-state index >= 15 is 0 Å². The Kier molecular flexibility index (Phi) is 5.39. The molecular formula is C10H20N2O. The minimum atomic E-state index is -0.337. The van der Waals surface area contributed by atoms with Crippen molar-refractivity contribution in [3.05, 3.63) is 12.2 Å². The van der Waals surface area contributed by atoms with Gasteiger partial charge in [0.15, 0.2) is 0 Å². The normalized spacial score (nSPS) is 12.0. The van der Waals surface area contributed by atoms with E-state index in [-0.39, 0.29) is 11.3 Å². The van der Waals surface area contributed by atoms with Gasteiger partial charge in [0.25, 0.3) is 0 Å². The van der Waals surface area contributed by atoms with Crippen LogP contribution in [0.25, 0.3) is 0 Å². The summed E-state index contributed by atoms with van der Waals surface area (Å²) in [6.45, 7) is 7.34. The Balaban J connectivity index is 3.81. The van der Waals surface area contributed by atoms with Crippen LogP contribution >= 0.6 is 0 Å². The van der Waals surface area contributed by atoms with Crippen molar-refractivity contribution >= 4 is 5.91 Å². The van der Waals surface area contributed by atoms with Gasteiger partial charge in [-0.15, -0.1) is 0 Å². The largest absolute Gasteiger partial charge is 0.359 e. The first kappa shape index (κ1) is 12.2. The molecule has 2 N–H and O–H groups in total. The Morgan fingerprint density at radius 3 is 2.54 bits per heavy atom. The zero-order valence-corrected chi connectivity index (χ0v) is 8.98. The van der Waals surface area contributed by atoms with Crippen molar-refractivity contribution in [1.29, 1.82) is 0 Å². The molecule has 0 aliphatic rings. The van der Waals surface area contributed by atoms with Crippen LogP contribution in [0.3, 0.4) is 0 Å². The Hall–Kier alpha value is -0.830. The summed E-state index contributed by atoms with van der Waals surface area (Å²) in [5.41, 5.74) is -0.337. The van der Waals surface area contributed by atoms with Crippen LogP contribution in [0.1, 0.15) is 20.8 Å². The van der Waals surface area contributed by atoms with Gasteiger partial charge in [-0.1, -0.05) is 12.2 Å². The molecule has 76 valence electrons. The van der Waals surface area contributed by atoms with E-state index in [4.69, 9.17) is 0 Å². The first-order valence-corrected chi connectivity index (χ1v) is 4.58. The third-order valence-electron chi connectivity index (χ3n) is 1.91. The van der Waals surface area contributed by atoms with Gasteiger partial charge in [-0.2, -0.15) is 0 Å². The maximum atomic E-state index is 11.3. The Morgan fingerprint density at radius 1 is 1.46 bits per heavy atom. The second-order valence-corrected chi connectivity index (χ2v) is 3.66. The van der Waals surface area contributed by atoms with Gasteiger partial charge < -0.3 is 10.6 Å². The molecule has 0 aliphatic heterocycles. The Morgan fingerprint density at radius 2 is 2.08 bits per heavy atom. The number of nitrogens with one attached hydrogen (secondary N) is 2. The number of carbonyl (C=O) groups excluding carboxylic acids is 1. The predicted octanol–water partition coefficient (Wildman–Crippen LogP) is 0.924. The zero-order valence-electron chi connectivity index (χ0n) is 8.98. The van der Waals surface area contributed by atoms with E-state index in [0.29, 0.717) is 6.54 Å². The lowest BCUT2D eigenvalue weighted by molar-refractivity contribution is -0.128. The van der Waals surface area contributed by atoms with Gasteiger partial charge in [0.2, 0.25) is 5.91 Å². The molecule has 0 fully saturated rings. The van der Waals surface area contributed by atoms with Gasteiger partial charge in [0.1, 0.15) is 0 Å². The Labute approximate surface area is 80.6 Å². The molecule has 0 heterocycles. The molecule has 3 nitrogen and oxygen atoms in total. The van der Waals surface area contributed by atoms with Crippen molar-refractivity contribution in [3.8, 4) is 0 Å². The van der Waals surface area contributed by atoms with Crippen molar-refractivity contribution in [1.82, 2.24) is 10.6 Å². The van der Waals surface area contributed by atoms with E-state index in [2.05, 4.69) is 10.6 Å². The molecule has 0 radical (unpaired) electrons. The highest BCUT2D eigenvalue weighted by molar-refractivity contribution is 5.81. The van der Waals surface area contributed by atoms with Gasteiger partial charge in [-0.3, -0.25) is 4.79 Å². The highest BCUT2D eigenvalue weighted by Gasteiger charge is 2.25.